The lowest BCUT2D eigenvalue weighted by Crippen LogP contribution is -2.55. The second-order valence-electron chi connectivity index (χ2n) is 6.74. The fourth-order valence-electron chi connectivity index (χ4n) is 2.98. The predicted octanol–water partition coefficient (Wildman–Crippen LogP) is 1.14. The molecule has 3 heterocycles. The van der Waals surface area contributed by atoms with Gasteiger partial charge in [0.1, 0.15) is 23.2 Å². The molecule has 1 aliphatic rings. The van der Waals surface area contributed by atoms with E-state index in [4.69, 9.17) is 9.15 Å². The highest BCUT2D eigenvalue weighted by Crippen LogP contribution is 2.32. The fraction of sp³-hybridized carbons (Fsp3) is 0.353. The number of nitrogens with one attached hydrogen (secondary N) is 1. The zero-order valence-corrected chi connectivity index (χ0v) is 16.4. The zero-order chi connectivity index (χ0) is 20.1. The van der Waals surface area contributed by atoms with E-state index in [9.17, 15) is 13.2 Å². The first kappa shape index (κ1) is 18.4. The average Bonchev–Trinajstić information content (AvgIpc) is 3.13. The van der Waals surface area contributed by atoms with E-state index in [0.29, 0.717) is 28.5 Å². The van der Waals surface area contributed by atoms with Gasteiger partial charge in [-0.15, -0.1) is 5.10 Å². The Hall–Kier alpha value is -2.92. The lowest BCUT2D eigenvalue weighted by Gasteiger charge is -2.37. The number of hydrogen-bond donors (Lipinski definition) is 1. The van der Waals surface area contributed by atoms with Gasteiger partial charge in [0.2, 0.25) is 10.0 Å². The van der Waals surface area contributed by atoms with Gasteiger partial charge in [-0.1, -0.05) is 0 Å². The third-order valence-corrected chi connectivity index (χ3v) is 5.64. The maximum absolute atomic E-state index is 12.6. The molecule has 148 valence electrons. The number of rotatable bonds is 5. The second-order valence-corrected chi connectivity index (χ2v) is 8.72. The Kier molecular flexibility index (Phi) is 4.35. The molecular weight excluding hydrogens is 386 g/mol. The molecule has 0 unspecified atom stereocenters. The van der Waals surface area contributed by atoms with Crippen LogP contribution >= 0.6 is 0 Å². The van der Waals surface area contributed by atoms with Gasteiger partial charge in [-0.2, -0.15) is 14.2 Å². The molecule has 0 radical (unpaired) electrons. The summed E-state index contributed by atoms with van der Waals surface area (Å²) in [6.07, 6.45) is 2.32. The zero-order valence-electron chi connectivity index (χ0n) is 15.5. The van der Waals surface area contributed by atoms with Crippen LogP contribution in [0.15, 0.2) is 28.8 Å². The van der Waals surface area contributed by atoms with Crippen LogP contribution in [0, 0.1) is 6.92 Å². The van der Waals surface area contributed by atoms with Crippen molar-refractivity contribution in [1.29, 1.82) is 0 Å². The number of aryl methyl sites for hydroxylation is 2. The minimum absolute atomic E-state index is 0.271. The summed E-state index contributed by atoms with van der Waals surface area (Å²) < 4.78 is 36.0. The van der Waals surface area contributed by atoms with E-state index in [1.807, 2.05) is 6.07 Å². The summed E-state index contributed by atoms with van der Waals surface area (Å²) in [6.45, 7) is 2.35. The number of carbonyl (C=O) groups is 1. The molecular formula is C17H19N5O5S. The first-order valence-electron chi connectivity index (χ1n) is 8.53. The molecule has 1 saturated heterocycles. The maximum atomic E-state index is 12.6. The minimum atomic E-state index is -3.23. The van der Waals surface area contributed by atoms with Gasteiger partial charge in [-0.05, 0) is 25.1 Å². The summed E-state index contributed by atoms with van der Waals surface area (Å²) in [6, 6.07) is 5.07. The quantitative estimate of drug-likeness (QED) is 0.676. The van der Waals surface area contributed by atoms with Crippen LogP contribution in [0.3, 0.4) is 0 Å². The molecule has 1 aromatic carbocycles. The molecule has 28 heavy (non-hydrogen) atoms. The highest BCUT2D eigenvalue weighted by Gasteiger charge is 2.35. The number of hydrogen-bond acceptors (Lipinski definition) is 7. The topological polar surface area (TPSA) is 120 Å². The molecule has 1 fully saturated rings. The normalized spacial score (nSPS) is 15.5. The highest BCUT2D eigenvalue weighted by molar-refractivity contribution is 7.88. The number of nitrogens with zero attached hydrogens (tertiary/aromatic N) is 4. The molecule has 0 aliphatic carbocycles. The molecule has 0 atom stereocenters. The van der Waals surface area contributed by atoms with Gasteiger partial charge in [0.15, 0.2) is 5.82 Å². The lowest BCUT2D eigenvalue weighted by molar-refractivity contribution is 0.0779. The largest absolute Gasteiger partial charge is 0.487 e. The molecule has 4 rings (SSSR count). The van der Waals surface area contributed by atoms with Gasteiger partial charge >= 0.3 is 0 Å². The smallest absolute Gasteiger partial charge is 0.257 e. The average molecular weight is 405 g/mol. The Morgan fingerprint density at radius 3 is 2.71 bits per heavy atom. The van der Waals surface area contributed by atoms with Crippen molar-refractivity contribution in [2.75, 3.05) is 24.7 Å². The summed E-state index contributed by atoms with van der Waals surface area (Å²) in [5.41, 5.74) is 0.848. The Morgan fingerprint density at radius 2 is 2.07 bits per heavy atom. The number of aromatic nitrogens is 3. The van der Waals surface area contributed by atoms with Gasteiger partial charge in [-0.3, -0.25) is 4.79 Å². The highest BCUT2D eigenvalue weighted by atomic mass is 32.2. The SMILES string of the molecule is Cc1cc2c(OC3CN(S(C)(=O)=O)C3)cc(C(=O)Nc3cnn(C)n3)cc2o1. The monoisotopic (exact) mass is 405 g/mol. The molecule has 1 N–H and O–H groups in total. The van der Waals surface area contributed by atoms with Crippen molar-refractivity contribution in [2.24, 2.45) is 7.05 Å². The van der Waals surface area contributed by atoms with Gasteiger partial charge in [0.25, 0.3) is 5.91 Å². The number of fused-ring (bicyclic) bond motifs is 1. The van der Waals surface area contributed by atoms with E-state index in [-0.39, 0.29) is 25.1 Å². The summed E-state index contributed by atoms with van der Waals surface area (Å²) in [5.74, 6) is 1.09. The second kappa shape index (κ2) is 6.60. The Bertz CT molecular complexity index is 1160. The summed E-state index contributed by atoms with van der Waals surface area (Å²) >= 11 is 0. The number of amides is 1. The van der Waals surface area contributed by atoms with Crippen LogP contribution in [-0.4, -0.2) is 59.1 Å². The van der Waals surface area contributed by atoms with Crippen LogP contribution in [0.2, 0.25) is 0 Å². The number of anilines is 1. The lowest BCUT2D eigenvalue weighted by atomic mass is 10.1. The summed E-state index contributed by atoms with van der Waals surface area (Å²) in [4.78, 5) is 13.9. The van der Waals surface area contributed by atoms with Gasteiger partial charge in [0.05, 0.1) is 30.9 Å². The summed E-state index contributed by atoms with van der Waals surface area (Å²) in [7, 11) is -1.58. The van der Waals surface area contributed by atoms with Crippen LogP contribution in [0.5, 0.6) is 5.75 Å². The molecule has 10 nitrogen and oxygen atoms in total. The van der Waals surface area contributed by atoms with E-state index in [1.165, 1.54) is 15.3 Å². The molecule has 0 saturated carbocycles. The van der Waals surface area contributed by atoms with Crippen LogP contribution in [0.25, 0.3) is 11.0 Å². The molecule has 0 spiro atoms. The van der Waals surface area contributed by atoms with Crippen molar-refractivity contribution in [3.63, 3.8) is 0 Å². The molecule has 1 aliphatic heterocycles. The number of furan rings is 1. The fourth-order valence-corrected chi connectivity index (χ4v) is 3.85. The Labute approximate surface area is 161 Å². The Balaban J connectivity index is 1.59. The number of sulfonamides is 1. The molecule has 1 amide bonds. The first-order chi connectivity index (χ1) is 13.2. The van der Waals surface area contributed by atoms with Crippen molar-refractivity contribution < 1.29 is 22.4 Å². The predicted molar refractivity (Wildman–Crippen MR) is 101 cm³/mol. The molecule has 2 aromatic heterocycles. The van der Waals surface area contributed by atoms with Crippen molar-refractivity contribution in [2.45, 2.75) is 13.0 Å². The first-order valence-corrected chi connectivity index (χ1v) is 10.4. The van der Waals surface area contributed by atoms with E-state index < -0.39 is 10.0 Å². The molecule has 0 bridgehead atoms. The molecule has 3 aromatic rings. The molecule has 11 heteroatoms. The van der Waals surface area contributed by atoms with Gasteiger partial charge < -0.3 is 14.5 Å². The van der Waals surface area contributed by atoms with E-state index in [2.05, 4.69) is 15.5 Å². The van der Waals surface area contributed by atoms with E-state index >= 15 is 0 Å². The summed E-state index contributed by atoms with van der Waals surface area (Å²) in [5, 5.41) is 11.3. The van der Waals surface area contributed by atoms with Gasteiger partial charge in [-0.25, -0.2) is 8.42 Å². The Morgan fingerprint density at radius 1 is 1.32 bits per heavy atom. The van der Waals surface area contributed by atoms with E-state index in [0.717, 1.165) is 11.6 Å². The third kappa shape index (κ3) is 3.58. The van der Waals surface area contributed by atoms with Crippen molar-refractivity contribution in [3.05, 3.63) is 35.7 Å². The van der Waals surface area contributed by atoms with Crippen LogP contribution < -0.4 is 10.1 Å². The van der Waals surface area contributed by atoms with Crippen LogP contribution in [0.1, 0.15) is 16.1 Å². The van der Waals surface area contributed by atoms with Crippen LogP contribution in [0.4, 0.5) is 5.82 Å². The van der Waals surface area contributed by atoms with Crippen molar-refractivity contribution in [3.8, 4) is 5.75 Å². The van der Waals surface area contributed by atoms with Crippen molar-refractivity contribution in [1.82, 2.24) is 19.3 Å². The minimum Gasteiger partial charge on any atom is -0.487 e. The van der Waals surface area contributed by atoms with Gasteiger partial charge in [0, 0.05) is 12.6 Å². The third-order valence-electron chi connectivity index (χ3n) is 4.40. The van der Waals surface area contributed by atoms with E-state index in [1.54, 1.807) is 26.1 Å². The number of ether oxygens (including phenoxy) is 1. The number of benzene rings is 1. The van der Waals surface area contributed by atoms with Crippen LogP contribution in [-0.2, 0) is 17.1 Å². The van der Waals surface area contributed by atoms with Crippen molar-refractivity contribution >= 4 is 32.7 Å². The standard InChI is InChI=1S/C17H19N5O5S/c1-10-4-13-14(26-10)5-11(17(23)19-16-7-18-21(2)20-16)6-15(13)27-12-8-22(9-12)28(3,24)25/h4-7,12H,8-9H2,1-3H3,(H,19,20,23). The maximum Gasteiger partial charge on any atom is 0.257 e. The number of carbonyl (C=O) groups excluding carboxylic acids is 1.